The maximum Gasteiger partial charge on any atom is 0.272 e. The molecule has 3 aromatic rings. The number of aryl methyl sites for hydroxylation is 1. The first kappa shape index (κ1) is 26.4. The molecule has 0 aliphatic carbocycles. The van der Waals surface area contributed by atoms with Gasteiger partial charge in [0.25, 0.3) is 5.91 Å². The summed E-state index contributed by atoms with van der Waals surface area (Å²) in [5.74, 6) is 1.49. The molecule has 1 amide bonds. The van der Waals surface area contributed by atoms with Crippen molar-refractivity contribution in [2.75, 3.05) is 40.0 Å². The molecule has 0 atom stereocenters. The maximum atomic E-state index is 12.9. The topological polar surface area (TPSA) is 101 Å². The van der Waals surface area contributed by atoms with Gasteiger partial charge < -0.3 is 29.3 Å². The molecular formula is C29H34N2O6. The van der Waals surface area contributed by atoms with Crippen LogP contribution < -0.4 is 14.2 Å². The molecule has 1 aromatic heterocycles. The summed E-state index contributed by atoms with van der Waals surface area (Å²) in [6.45, 7) is 3.56. The summed E-state index contributed by atoms with van der Waals surface area (Å²) in [4.78, 5) is 18.9. The van der Waals surface area contributed by atoms with E-state index in [1.54, 1.807) is 24.1 Å². The van der Waals surface area contributed by atoms with Crippen LogP contribution in [0.5, 0.6) is 17.2 Å². The second-order valence-corrected chi connectivity index (χ2v) is 9.20. The van der Waals surface area contributed by atoms with Gasteiger partial charge in [0.1, 0.15) is 18.1 Å². The molecule has 196 valence electrons. The SMILES string of the molecule is CCc1ccc(COc2ccc(C3CN(C(=O)c4cc(OCC(CO)CO)ccn4)C3)cc2OC)cc1. The lowest BCUT2D eigenvalue weighted by Crippen LogP contribution is -2.48. The van der Waals surface area contributed by atoms with Crippen molar-refractivity contribution in [2.45, 2.75) is 25.9 Å². The number of methoxy groups -OCH3 is 1. The van der Waals surface area contributed by atoms with Crippen molar-refractivity contribution in [3.05, 3.63) is 83.2 Å². The minimum Gasteiger partial charge on any atom is -0.493 e. The number of rotatable bonds is 12. The monoisotopic (exact) mass is 506 g/mol. The molecule has 0 spiro atoms. The molecule has 2 heterocycles. The van der Waals surface area contributed by atoms with Crippen molar-refractivity contribution in [1.29, 1.82) is 0 Å². The molecule has 0 radical (unpaired) electrons. The zero-order chi connectivity index (χ0) is 26.2. The highest BCUT2D eigenvalue weighted by Crippen LogP contribution is 2.35. The maximum absolute atomic E-state index is 12.9. The van der Waals surface area contributed by atoms with E-state index in [2.05, 4.69) is 36.2 Å². The molecule has 8 heteroatoms. The zero-order valence-electron chi connectivity index (χ0n) is 21.3. The highest BCUT2D eigenvalue weighted by molar-refractivity contribution is 5.93. The number of aliphatic hydroxyl groups excluding tert-OH is 2. The van der Waals surface area contributed by atoms with E-state index in [1.165, 1.54) is 11.8 Å². The third-order valence-electron chi connectivity index (χ3n) is 6.61. The third kappa shape index (κ3) is 6.58. The fourth-order valence-corrected chi connectivity index (χ4v) is 4.10. The fraction of sp³-hybridized carbons (Fsp3) is 0.379. The van der Waals surface area contributed by atoms with Crippen LogP contribution in [-0.2, 0) is 13.0 Å². The summed E-state index contributed by atoms with van der Waals surface area (Å²) in [5, 5.41) is 18.4. The summed E-state index contributed by atoms with van der Waals surface area (Å²) in [6, 6.07) is 17.6. The number of likely N-dealkylation sites (tertiary alicyclic amines) is 1. The average Bonchev–Trinajstić information content (AvgIpc) is 2.92. The number of carbonyl (C=O) groups excluding carboxylic acids is 1. The summed E-state index contributed by atoms with van der Waals surface area (Å²) in [5.41, 5.74) is 3.78. The number of aliphatic hydroxyl groups is 2. The van der Waals surface area contributed by atoms with E-state index in [0.29, 0.717) is 42.6 Å². The van der Waals surface area contributed by atoms with Crippen molar-refractivity contribution in [1.82, 2.24) is 9.88 Å². The van der Waals surface area contributed by atoms with Crippen molar-refractivity contribution in [3.63, 3.8) is 0 Å². The van der Waals surface area contributed by atoms with Gasteiger partial charge in [-0.05, 0) is 41.3 Å². The highest BCUT2D eigenvalue weighted by Gasteiger charge is 2.33. The van der Waals surface area contributed by atoms with Crippen LogP contribution in [0.1, 0.15) is 40.0 Å². The molecule has 2 aromatic carbocycles. The minimum absolute atomic E-state index is 0.156. The van der Waals surface area contributed by atoms with Crippen LogP contribution in [0.4, 0.5) is 0 Å². The first-order chi connectivity index (χ1) is 18.0. The van der Waals surface area contributed by atoms with Gasteiger partial charge in [0.15, 0.2) is 11.5 Å². The van der Waals surface area contributed by atoms with Crippen molar-refractivity contribution < 1.29 is 29.2 Å². The fourth-order valence-electron chi connectivity index (χ4n) is 4.10. The van der Waals surface area contributed by atoms with Crippen molar-refractivity contribution in [2.24, 2.45) is 5.92 Å². The second-order valence-electron chi connectivity index (χ2n) is 9.20. The number of amides is 1. The molecule has 1 aliphatic rings. The summed E-state index contributed by atoms with van der Waals surface area (Å²) < 4.78 is 17.2. The number of benzene rings is 2. The van der Waals surface area contributed by atoms with Gasteiger partial charge in [0, 0.05) is 37.2 Å². The quantitative estimate of drug-likeness (QED) is 0.388. The predicted molar refractivity (Wildman–Crippen MR) is 139 cm³/mol. The lowest BCUT2D eigenvalue weighted by molar-refractivity contribution is 0.0594. The van der Waals surface area contributed by atoms with E-state index in [9.17, 15) is 15.0 Å². The number of hydrogen-bond donors (Lipinski definition) is 2. The van der Waals surface area contributed by atoms with Gasteiger partial charge in [-0.2, -0.15) is 0 Å². The Morgan fingerprint density at radius 3 is 2.41 bits per heavy atom. The summed E-state index contributed by atoms with van der Waals surface area (Å²) >= 11 is 0. The van der Waals surface area contributed by atoms with E-state index < -0.39 is 0 Å². The zero-order valence-corrected chi connectivity index (χ0v) is 21.3. The van der Waals surface area contributed by atoms with Gasteiger partial charge in [0.2, 0.25) is 0 Å². The Morgan fingerprint density at radius 2 is 1.73 bits per heavy atom. The molecule has 0 unspecified atom stereocenters. The van der Waals surface area contributed by atoms with Crippen LogP contribution in [0.15, 0.2) is 60.8 Å². The van der Waals surface area contributed by atoms with Crippen LogP contribution in [0.2, 0.25) is 0 Å². The van der Waals surface area contributed by atoms with E-state index in [-0.39, 0.29) is 37.6 Å². The summed E-state index contributed by atoms with van der Waals surface area (Å²) in [6.07, 6.45) is 2.53. The van der Waals surface area contributed by atoms with Crippen LogP contribution in [-0.4, -0.2) is 66.0 Å². The van der Waals surface area contributed by atoms with Gasteiger partial charge >= 0.3 is 0 Å². The first-order valence-corrected chi connectivity index (χ1v) is 12.5. The number of hydrogen-bond acceptors (Lipinski definition) is 7. The summed E-state index contributed by atoms with van der Waals surface area (Å²) in [7, 11) is 1.63. The molecule has 1 aliphatic heterocycles. The van der Waals surface area contributed by atoms with Gasteiger partial charge in [0.05, 0.1) is 26.9 Å². The smallest absolute Gasteiger partial charge is 0.272 e. The van der Waals surface area contributed by atoms with E-state index >= 15 is 0 Å². The van der Waals surface area contributed by atoms with E-state index in [1.807, 2.05) is 18.2 Å². The van der Waals surface area contributed by atoms with Crippen molar-refractivity contribution >= 4 is 5.91 Å². The Kier molecular flexibility index (Phi) is 8.98. The number of carbonyl (C=O) groups is 1. The molecule has 8 nitrogen and oxygen atoms in total. The van der Waals surface area contributed by atoms with Crippen molar-refractivity contribution in [3.8, 4) is 17.2 Å². The molecule has 0 saturated carbocycles. The van der Waals surface area contributed by atoms with Crippen LogP contribution >= 0.6 is 0 Å². The Balaban J connectivity index is 1.32. The Hall–Kier alpha value is -3.62. The number of nitrogens with zero attached hydrogens (tertiary/aromatic N) is 2. The molecule has 37 heavy (non-hydrogen) atoms. The molecule has 2 N–H and O–H groups in total. The number of aromatic nitrogens is 1. The molecule has 1 fully saturated rings. The first-order valence-electron chi connectivity index (χ1n) is 12.5. The van der Waals surface area contributed by atoms with Gasteiger partial charge in [-0.1, -0.05) is 37.3 Å². The molecule has 0 bridgehead atoms. The Labute approximate surface area is 217 Å². The van der Waals surface area contributed by atoms with Crippen LogP contribution in [0.3, 0.4) is 0 Å². The van der Waals surface area contributed by atoms with Gasteiger partial charge in [-0.25, -0.2) is 0 Å². The standard InChI is InChI=1S/C29H34N2O6/c1-3-20-4-6-21(7-5-20)18-37-27-9-8-23(12-28(27)35-2)24-14-31(15-24)29(34)26-13-25(10-11-30-26)36-19-22(16-32)17-33/h4-13,22,24,32-33H,3,14-19H2,1-2H3. The second kappa shape index (κ2) is 12.6. The highest BCUT2D eigenvalue weighted by atomic mass is 16.5. The van der Waals surface area contributed by atoms with Crippen LogP contribution in [0.25, 0.3) is 0 Å². The third-order valence-corrected chi connectivity index (χ3v) is 6.61. The average molecular weight is 507 g/mol. The van der Waals surface area contributed by atoms with Gasteiger partial charge in [-0.3, -0.25) is 9.78 Å². The normalized spacial score (nSPS) is 13.4. The van der Waals surface area contributed by atoms with Crippen LogP contribution in [0, 0.1) is 5.92 Å². The Bertz CT molecular complexity index is 1170. The lowest BCUT2D eigenvalue weighted by atomic mass is 9.91. The largest absolute Gasteiger partial charge is 0.493 e. The minimum atomic E-state index is -0.371. The van der Waals surface area contributed by atoms with E-state index in [0.717, 1.165) is 17.5 Å². The molecule has 1 saturated heterocycles. The van der Waals surface area contributed by atoms with E-state index in [4.69, 9.17) is 14.2 Å². The lowest BCUT2D eigenvalue weighted by Gasteiger charge is -2.39. The molecular weight excluding hydrogens is 472 g/mol. The predicted octanol–water partition coefficient (Wildman–Crippen LogP) is 3.45. The van der Waals surface area contributed by atoms with Gasteiger partial charge in [-0.15, -0.1) is 0 Å². The number of ether oxygens (including phenoxy) is 3. The number of pyridine rings is 1. The Morgan fingerprint density at radius 1 is 1.00 bits per heavy atom. The molecule has 4 rings (SSSR count).